The fourth-order valence-electron chi connectivity index (χ4n) is 2.94. The molecule has 0 radical (unpaired) electrons. The standard InChI is InChI=1S/C19H18ClF4NO2/c1-11(13-8-14(19(22,23)24)10-15(20)9-13)27-18-17(25-6-7-26-18)12-2-4-16(21)5-3-12/h2-5,8-11,17-18,25H,6-7H2,1H3/t11-,17+,18-/m1/s1. The zero-order chi connectivity index (χ0) is 19.6. The van der Waals surface area contributed by atoms with Crippen molar-refractivity contribution in [2.75, 3.05) is 13.2 Å². The normalized spacial score (nSPS) is 21.9. The third kappa shape index (κ3) is 4.99. The molecule has 27 heavy (non-hydrogen) atoms. The van der Waals surface area contributed by atoms with Gasteiger partial charge in [0, 0.05) is 11.6 Å². The van der Waals surface area contributed by atoms with Gasteiger partial charge in [-0.1, -0.05) is 23.7 Å². The van der Waals surface area contributed by atoms with Crippen LogP contribution in [0, 0.1) is 5.82 Å². The first kappa shape index (κ1) is 20.1. The molecule has 1 aliphatic heterocycles. The van der Waals surface area contributed by atoms with Crippen molar-refractivity contribution in [3.05, 3.63) is 70.0 Å². The lowest BCUT2D eigenvalue weighted by atomic mass is 10.0. The van der Waals surface area contributed by atoms with Crippen LogP contribution in [0.5, 0.6) is 0 Å². The zero-order valence-electron chi connectivity index (χ0n) is 14.4. The summed E-state index contributed by atoms with van der Waals surface area (Å²) in [5, 5.41) is 3.21. The van der Waals surface area contributed by atoms with E-state index < -0.39 is 24.1 Å². The topological polar surface area (TPSA) is 30.5 Å². The maximum absolute atomic E-state index is 13.2. The van der Waals surface area contributed by atoms with Gasteiger partial charge in [0.1, 0.15) is 5.82 Å². The number of hydrogen-bond donors (Lipinski definition) is 1. The van der Waals surface area contributed by atoms with Gasteiger partial charge in [-0.2, -0.15) is 13.2 Å². The first-order chi connectivity index (χ1) is 12.7. The Bertz CT molecular complexity index is 782. The summed E-state index contributed by atoms with van der Waals surface area (Å²) in [5.41, 5.74) is 0.218. The Labute approximate surface area is 159 Å². The van der Waals surface area contributed by atoms with Gasteiger partial charge in [-0.05, 0) is 48.4 Å². The molecule has 2 aromatic carbocycles. The number of halogens is 5. The first-order valence-electron chi connectivity index (χ1n) is 8.37. The molecule has 146 valence electrons. The minimum Gasteiger partial charge on any atom is -0.349 e. The summed E-state index contributed by atoms with van der Waals surface area (Å²) in [6.45, 7) is 2.59. The van der Waals surface area contributed by atoms with Crippen molar-refractivity contribution in [1.29, 1.82) is 0 Å². The molecule has 0 amide bonds. The fourth-order valence-corrected chi connectivity index (χ4v) is 3.18. The van der Waals surface area contributed by atoms with Crippen LogP contribution in [0.4, 0.5) is 17.6 Å². The van der Waals surface area contributed by atoms with Gasteiger partial charge in [0.05, 0.1) is 24.3 Å². The summed E-state index contributed by atoms with van der Waals surface area (Å²) in [6, 6.07) is 8.84. The van der Waals surface area contributed by atoms with Crippen LogP contribution in [0.25, 0.3) is 0 Å². The van der Waals surface area contributed by atoms with E-state index in [4.69, 9.17) is 21.1 Å². The highest BCUT2D eigenvalue weighted by Crippen LogP contribution is 2.35. The molecular formula is C19H18ClF4NO2. The van der Waals surface area contributed by atoms with Gasteiger partial charge in [0.15, 0.2) is 6.29 Å². The van der Waals surface area contributed by atoms with E-state index in [2.05, 4.69) is 5.32 Å². The van der Waals surface area contributed by atoms with E-state index in [1.54, 1.807) is 19.1 Å². The summed E-state index contributed by atoms with van der Waals surface area (Å²) in [6.07, 6.45) is -5.94. The van der Waals surface area contributed by atoms with Gasteiger partial charge in [-0.25, -0.2) is 4.39 Å². The Balaban J connectivity index is 1.80. The molecular weight excluding hydrogens is 386 g/mol. The van der Waals surface area contributed by atoms with Gasteiger partial charge >= 0.3 is 6.18 Å². The molecule has 0 aromatic heterocycles. The highest BCUT2D eigenvalue weighted by atomic mass is 35.5. The second-order valence-electron chi connectivity index (χ2n) is 6.27. The van der Waals surface area contributed by atoms with Crippen LogP contribution >= 0.6 is 11.6 Å². The van der Waals surface area contributed by atoms with Crippen molar-refractivity contribution >= 4 is 11.6 Å². The second kappa shape index (κ2) is 8.14. The maximum Gasteiger partial charge on any atom is 0.416 e. The maximum atomic E-state index is 13.2. The monoisotopic (exact) mass is 403 g/mol. The lowest BCUT2D eigenvalue weighted by molar-refractivity contribution is -0.200. The molecule has 8 heteroatoms. The molecule has 0 unspecified atom stereocenters. The third-order valence-electron chi connectivity index (χ3n) is 4.30. The van der Waals surface area contributed by atoms with Crippen molar-refractivity contribution < 1.29 is 27.0 Å². The molecule has 3 atom stereocenters. The molecule has 0 aliphatic carbocycles. The van der Waals surface area contributed by atoms with Crippen molar-refractivity contribution in [1.82, 2.24) is 5.32 Å². The fraction of sp³-hybridized carbons (Fsp3) is 0.368. The second-order valence-corrected chi connectivity index (χ2v) is 6.71. The predicted octanol–water partition coefficient (Wildman–Crippen LogP) is 5.26. The molecule has 0 bridgehead atoms. The van der Waals surface area contributed by atoms with Gasteiger partial charge < -0.3 is 14.8 Å². The quantitative estimate of drug-likeness (QED) is 0.706. The van der Waals surface area contributed by atoms with Crippen molar-refractivity contribution in [2.45, 2.75) is 31.5 Å². The van der Waals surface area contributed by atoms with Crippen LogP contribution in [0.3, 0.4) is 0 Å². The summed E-state index contributed by atoms with van der Waals surface area (Å²) < 4.78 is 63.8. The SMILES string of the molecule is C[C@@H](O[C@H]1OCCN[C@H]1c1ccc(F)cc1)c1cc(Cl)cc(C(F)(F)F)c1. The number of benzene rings is 2. The lowest BCUT2D eigenvalue weighted by Crippen LogP contribution is -2.43. The molecule has 0 saturated carbocycles. The molecule has 1 N–H and O–H groups in total. The number of morpholine rings is 1. The van der Waals surface area contributed by atoms with E-state index in [1.807, 2.05) is 0 Å². The Morgan fingerprint density at radius 3 is 2.56 bits per heavy atom. The molecule has 1 saturated heterocycles. The van der Waals surface area contributed by atoms with E-state index >= 15 is 0 Å². The lowest BCUT2D eigenvalue weighted by Gasteiger charge is -2.34. The average Bonchev–Trinajstić information content (AvgIpc) is 2.62. The minimum atomic E-state index is -4.50. The summed E-state index contributed by atoms with van der Waals surface area (Å²) in [7, 11) is 0. The number of hydrogen-bond acceptors (Lipinski definition) is 3. The summed E-state index contributed by atoms with van der Waals surface area (Å²) in [5.74, 6) is -0.361. The number of alkyl halides is 3. The Kier molecular flexibility index (Phi) is 6.05. The highest BCUT2D eigenvalue weighted by Gasteiger charge is 2.33. The van der Waals surface area contributed by atoms with Crippen LogP contribution in [-0.4, -0.2) is 19.4 Å². The van der Waals surface area contributed by atoms with Gasteiger partial charge in [0.25, 0.3) is 0 Å². The van der Waals surface area contributed by atoms with Gasteiger partial charge in [-0.15, -0.1) is 0 Å². The van der Waals surface area contributed by atoms with E-state index in [9.17, 15) is 17.6 Å². The number of ether oxygens (including phenoxy) is 2. The molecule has 1 heterocycles. The van der Waals surface area contributed by atoms with E-state index in [1.165, 1.54) is 18.2 Å². The molecule has 0 spiro atoms. The third-order valence-corrected chi connectivity index (χ3v) is 4.52. The number of rotatable bonds is 4. The molecule has 3 nitrogen and oxygen atoms in total. The van der Waals surface area contributed by atoms with Crippen LogP contribution < -0.4 is 5.32 Å². The van der Waals surface area contributed by atoms with E-state index in [0.717, 1.165) is 17.7 Å². The van der Waals surface area contributed by atoms with Crippen LogP contribution in [-0.2, 0) is 15.7 Å². The number of nitrogens with one attached hydrogen (secondary N) is 1. The molecule has 1 aliphatic rings. The highest BCUT2D eigenvalue weighted by molar-refractivity contribution is 6.30. The Hall–Kier alpha value is -1.67. The van der Waals surface area contributed by atoms with Gasteiger partial charge in [-0.3, -0.25) is 0 Å². The van der Waals surface area contributed by atoms with Crippen molar-refractivity contribution in [2.24, 2.45) is 0 Å². The summed E-state index contributed by atoms with van der Waals surface area (Å²) in [4.78, 5) is 0. The largest absolute Gasteiger partial charge is 0.416 e. The Morgan fingerprint density at radius 1 is 1.19 bits per heavy atom. The molecule has 1 fully saturated rings. The molecule has 2 aromatic rings. The van der Waals surface area contributed by atoms with Gasteiger partial charge in [0.2, 0.25) is 0 Å². The smallest absolute Gasteiger partial charge is 0.349 e. The van der Waals surface area contributed by atoms with Crippen LogP contribution in [0.2, 0.25) is 5.02 Å². The minimum absolute atomic E-state index is 0.0203. The van der Waals surface area contributed by atoms with Crippen LogP contribution in [0.1, 0.15) is 35.8 Å². The zero-order valence-corrected chi connectivity index (χ0v) is 15.1. The first-order valence-corrected chi connectivity index (χ1v) is 8.75. The van der Waals surface area contributed by atoms with Crippen LogP contribution in [0.15, 0.2) is 42.5 Å². The average molecular weight is 404 g/mol. The van der Waals surface area contributed by atoms with Crippen molar-refractivity contribution in [3.8, 4) is 0 Å². The summed E-state index contributed by atoms with van der Waals surface area (Å²) >= 11 is 5.85. The van der Waals surface area contributed by atoms with Crippen molar-refractivity contribution in [3.63, 3.8) is 0 Å². The van der Waals surface area contributed by atoms with E-state index in [-0.39, 0.29) is 16.9 Å². The molecule has 3 rings (SSSR count). The predicted molar refractivity (Wildman–Crippen MR) is 92.8 cm³/mol. The van der Waals surface area contributed by atoms with E-state index in [0.29, 0.717) is 18.7 Å². The Morgan fingerprint density at radius 2 is 1.89 bits per heavy atom.